The van der Waals surface area contributed by atoms with Crippen molar-refractivity contribution < 1.29 is 13.2 Å². The Bertz CT molecular complexity index is 633. The van der Waals surface area contributed by atoms with E-state index in [1.807, 2.05) is 13.8 Å². The number of nitrogens with one attached hydrogen (secondary N) is 1. The van der Waals surface area contributed by atoms with Crippen LogP contribution in [0.4, 0.5) is 13.2 Å². The van der Waals surface area contributed by atoms with Gasteiger partial charge < -0.3 is 5.32 Å². The van der Waals surface area contributed by atoms with E-state index in [2.05, 4.69) is 5.32 Å². The number of halogens is 4. The Morgan fingerprint density at radius 2 is 1.62 bits per heavy atom. The largest absolute Gasteiger partial charge is 0.310 e. The van der Waals surface area contributed by atoms with Crippen molar-refractivity contribution in [2.45, 2.75) is 26.4 Å². The molecule has 0 aliphatic carbocycles. The van der Waals surface area contributed by atoms with Gasteiger partial charge in [0.05, 0.1) is 0 Å². The van der Waals surface area contributed by atoms with Gasteiger partial charge in [0.2, 0.25) is 0 Å². The number of rotatable bonds is 4. The highest BCUT2D eigenvalue weighted by Gasteiger charge is 2.12. The summed E-state index contributed by atoms with van der Waals surface area (Å²) in [6.45, 7) is 4.64. The highest BCUT2D eigenvalue weighted by Crippen LogP contribution is 2.28. The zero-order chi connectivity index (χ0) is 15.6. The van der Waals surface area contributed by atoms with Crippen LogP contribution >= 0.6 is 11.6 Å². The van der Waals surface area contributed by atoms with E-state index >= 15 is 0 Å². The highest BCUT2D eigenvalue weighted by atomic mass is 35.5. The van der Waals surface area contributed by atoms with Crippen molar-refractivity contribution in [2.24, 2.45) is 0 Å². The van der Waals surface area contributed by atoms with Crippen LogP contribution in [0.3, 0.4) is 0 Å². The maximum atomic E-state index is 13.3. The number of benzene rings is 2. The molecule has 0 amide bonds. The molecule has 0 fully saturated rings. The zero-order valence-electron chi connectivity index (χ0n) is 11.7. The molecule has 0 spiro atoms. The smallest absolute Gasteiger partial charge is 0.194 e. The topological polar surface area (TPSA) is 12.0 Å². The Morgan fingerprint density at radius 3 is 2.14 bits per heavy atom. The minimum Gasteiger partial charge on any atom is -0.310 e. The molecule has 0 aliphatic rings. The van der Waals surface area contributed by atoms with Crippen molar-refractivity contribution in [3.05, 3.63) is 58.4 Å². The molecule has 5 heteroatoms. The predicted molar refractivity (Wildman–Crippen MR) is 78.7 cm³/mol. The second kappa shape index (κ2) is 6.50. The van der Waals surface area contributed by atoms with Gasteiger partial charge in [0.15, 0.2) is 17.5 Å². The van der Waals surface area contributed by atoms with Crippen LogP contribution in [0.25, 0.3) is 11.1 Å². The van der Waals surface area contributed by atoms with E-state index in [0.29, 0.717) is 23.2 Å². The number of hydrogen-bond donors (Lipinski definition) is 1. The van der Waals surface area contributed by atoms with Crippen molar-refractivity contribution >= 4 is 11.6 Å². The fourth-order valence-electron chi connectivity index (χ4n) is 1.91. The molecule has 2 aromatic rings. The summed E-state index contributed by atoms with van der Waals surface area (Å²) >= 11 is 6.17. The molecule has 1 N–H and O–H groups in total. The Morgan fingerprint density at radius 1 is 1.00 bits per heavy atom. The molecular formula is C16H15ClF3N. The van der Waals surface area contributed by atoms with Gasteiger partial charge in [-0.2, -0.15) is 0 Å². The fourth-order valence-corrected chi connectivity index (χ4v) is 2.15. The summed E-state index contributed by atoms with van der Waals surface area (Å²) in [5, 5.41) is 3.72. The quantitative estimate of drug-likeness (QED) is 0.790. The monoisotopic (exact) mass is 313 g/mol. The first kappa shape index (κ1) is 15.9. The van der Waals surface area contributed by atoms with Gasteiger partial charge in [-0.15, -0.1) is 0 Å². The van der Waals surface area contributed by atoms with E-state index in [1.54, 1.807) is 18.2 Å². The first-order chi connectivity index (χ1) is 9.88. The molecule has 0 radical (unpaired) electrons. The van der Waals surface area contributed by atoms with E-state index in [1.165, 1.54) is 0 Å². The molecule has 21 heavy (non-hydrogen) atoms. The summed E-state index contributed by atoms with van der Waals surface area (Å²) < 4.78 is 39.5. The minimum atomic E-state index is -1.47. The van der Waals surface area contributed by atoms with Gasteiger partial charge in [0.25, 0.3) is 0 Å². The van der Waals surface area contributed by atoms with Crippen LogP contribution in [-0.2, 0) is 6.54 Å². The van der Waals surface area contributed by atoms with E-state index in [4.69, 9.17) is 11.6 Å². The average Bonchev–Trinajstić information content (AvgIpc) is 2.42. The standard InChI is InChI=1S/C16H15ClF3N/c1-9(2)21-8-11-4-3-10(5-13(11)17)12-6-14(18)16(20)15(19)7-12/h3-7,9,21H,8H2,1-2H3. The summed E-state index contributed by atoms with van der Waals surface area (Å²) in [4.78, 5) is 0. The Balaban J connectivity index is 2.32. The lowest BCUT2D eigenvalue weighted by Crippen LogP contribution is -2.21. The van der Waals surface area contributed by atoms with Crippen LogP contribution in [0.15, 0.2) is 30.3 Å². The molecule has 2 rings (SSSR count). The molecule has 2 aromatic carbocycles. The van der Waals surface area contributed by atoms with Crippen LogP contribution in [-0.4, -0.2) is 6.04 Å². The second-order valence-corrected chi connectivity index (χ2v) is 5.50. The molecule has 112 valence electrons. The third kappa shape index (κ3) is 3.77. The summed E-state index contributed by atoms with van der Waals surface area (Å²) in [5.41, 5.74) is 1.67. The van der Waals surface area contributed by atoms with Crippen LogP contribution in [0, 0.1) is 17.5 Å². The lowest BCUT2D eigenvalue weighted by molar-refractivity contribution is 0.448. The molecular weight excluding hydrogens is 299 g/mol. The van der Waals surface area contributed by atoms with Crippen molar-refractivity contribution in [2.75, 3.05) is 0 Å². The first-order valence-corrected chi connectivity index (χ1v) is 6.93. The second-order valence-electron chi connectivity index (χ2n) is 5.10. The minimum absolute atomic E-state index is 0.247. The summed E-state index contributed by atoms with van der Waals surface area (Å²) in [5.74, 6) is -3.90. The Hall–Kier alpha value is -1.52. The summed E-state index contributed by atoms with van der Waals surface area (Å²) in [7, 11) is 0. The summed E-state index contributed by atoms with van der Waals surface area (Å²) in [6.07, 6.45) is 0. The van der Waals surface area contributed by atoms with Crippen LogP contribution < -0.4 is 5.32 Å². The van der Waals surface area contributed by atoms with Crippen LogP contribution in [0.2, 0.25) is 5.02 Å². The van der Waals surface area contributed by atoms with E-state index in [9.17, 15) is 13.2 Å². The van der Waals surface area contributed by atoms with Gasteiger partial charge in [-0.25, -0.2) is 13.2 Å². The van der Waals surface area contributed by atoms with Crippen molar-refractivity contribution in [1.82, 2.24) is 5.32 Å². The molecule has 0 bridgehead atoms. The Labute approximate surface area is 126 Å². The first-order valence-electron chi connectivity index (χ1n) is 6.55. The molecule has 0 heterocycles. The molecule has 0 aliphatic heterocycles. The average molecular weight is 314 g/mol. The normalized spacial score (nSPS) is 11.2. The maximum absolute atomic E-state index is 13.3. The fraction of sp³-hybridized carbons (Fsp3) is 0.250. The molecule has 0 atom stereocenters. The Kier molecular flexibility index (Phi) is 4.91. The molecule has 0 saturated carbocycles. The van der Waals surface area contributed by atoms with E-state index < -0.39 is 17.5 Å². The van der Waals surface area contributed by atoms with Gasteiger partial charge in [-0.3, -0.25) is 0 Å². The highest BCUT2D eigenvalue weighted by molar-refractivity contribution is 6.31. The van der Waals surface area contributed by atoms with Crippen LogP contribution in [0.1, 0.15) is 19.4 Å². The molecule has 1 nitrogen and oxygen atoms in total. The SMILES string of the molecule is CC(C)NCc1ccc(-c2cc(F)c(F)c(F)c2)cc1Cl. The van der Waals surface area contributed by atoms with Crippen molar-refractivity contribution in [1.29, 1.82) is 0 Å². The maximum Gasteiger partial charge on any atom is 0.194 e. The van der Waals surface area contributed by atoms with Crippen LogP contribution in [0.5, 0.6) is 0 Å². The summed E-state index contributed by atoms with van der Waals surface area (Å²) in [6, 6.07) is 7.33. The van der Waals surface area contributed by atoms with E-state index in [-0.39, 0.29) is 5.56 Å². The van der Waals surface area contributed by atoms with Gasteiger partial charge in [0, 0.05) is 17.6 Å². The molecule has 0 aromatic heterocycles. The lowest BCUT2D eigenvalue weighted by Gasteiger charge is -2.11. The van der Waals surface area contributed by atoms with Gasteiger partial charge in [-0.05, 0) is 34.9 Å². The van der Waals surface area contributed by atoms with Crippen molar-refractivity contribution in [3.8, 4) is 11.1 Å². The van der Waals surface area contributed by atoms with Gasteiger partial charge in [-0.1, -0.05) is 37.6 Å². The van der Waals surface area contributed by atoms with Crippen molar-refractivity contribution in [3.63, 3.8) is 0 Å². The third-order valence-corrected chi connectivity index (χ3v) is 3.42. The molecule has 0 unspecified atom stereocenters. The predicted octanol–water partition coefficient (Wildman–Crippen LogP) is 4.92. The van der Waals surface area contributed by atoms with Gasteiger partial charge >= 0.3 is 0 Å². The molecule has 0 saturated heterocycles. The number of hydrogen-bond acceptors (Lipinski definition) is 1. The van der Waals surface area contributed by atoms with Gasteiger partial charge in [0.1, 0.15) is 0 Å². The third-order valence-electron chi connectivity index (χ3n) is 3.07. The lowest BCUT2D eigenvalue weighted by atomic mass is 10.0. The zero-order valence-corrected chi connectivity index (χ0v) is 12.4. The van der Waals surface area contributed by atoms with E-state index in [0.717, 1.165) is 17.7 Å².